The molecule has 2 rings (SSSR count). The van der Waals surface area contributed by atoms with Crippen LogP contribution < -0.4 is 5.32 Å². The predicted molar refractivity (Wildman–Crippen MR) is 84.0 cm³/mol. The standard InChI is InChI=1S/C15H22N4O4/c1-10-13(11-6-5-7-12(17-11)19(21)22)18(9-8-16-10)14(20)23-15(2,3)4/h5-7,10,13,16H,8-9H2,1-4H3/t10-,13?/m0/s1. The number of rotatable bonds is 2. The Morgan fingerprint density at radius 3 is 2.78 bits per heavy atom. The number of ether oxygens (including phenoxy) is 1. The molecule has 1 aliphatic rings. The third-order valence-electron chi connectivity index (χ3n) is 3.50. The number of nitrogens with zero attached hydrogens (tertiary/aromatic N) is 3. The molecule has 23 heavy (non-hydrogen) atoms. The summed E-state index contributed by atoms with van der Waals surface area (Å²) in [6, 6.07) is 4.10. The van der Waals surface area contributed by atoms with Crippen LogP contribution in [0, 0.1) is 10.1 Å². The summed E-state index contributed by atoms with van der Waals surface area (Å²) in [5, 5.41) is 14.2. The summed E-state index contributed by atoms with van der Waals surface area (Å²) in [6.45, 7) is 8.41. The smallest absolute Gasteiger partial charge is 0.411 e. The van der Waals surface area contributed by atoms with E-state index in [1.54, 1.807) is 37.8 Å². The first kappa shape index (κ1) is 17.1. The minimum atomic E-state index is -0.605. The molecule has 0 bridgehead atoms. The minimum absolute atomic E-state index is 0.0919. The Labute approximate surface area is 135 Å². The van der Waals surface area contributed by atoms with Crippen molar-refractivity contribution in [2.75, 3.05) is 13.1 Å². The van der Waals surface area contributed by atoms with Crippen molar-refractivity contribution in [3.05, 3.63) is 34.0 Å². The zero-order chi connectivity index (χ0) is 17.2. The number of nitro groups is 1. The molecule has 0 saturated carbocycles. The highest BCUT2D eigenvalue weighted by Gasteiger charge is 2.38. The summed E-state index contributed by atoms with van der Waals surface area (Å²) in [7, 11) is 0. The number of nitrogens with one attached hydrogen (secondary N) is 1. The van der Waals surface area contributed by atoms with Crippen LogP contribution in [0.3, 0.4) is 0 Å². The Balaban J connectivity index is 2.32. The number of carbonyl (C=O) groups excluding carboxylic acids is 1. The van der Waals surface area contributed by atoms with Gasteiger partial charge in [-0.25, -0.2) is 4.79 Å². The normalized spacial score (nSPS) is 21.8. The molecule has 0 aliphatic carbocycles. The molecule has 0 aromatic carbocycles. The quantitative estimate of drug-likeness (QED) is 0.662. The molecular weight excluding hydrogens is 300 g/mol. The maximum absolute atomic E-state index is 12.5. The molecule has 1 aromatic rings. The van der Waals surface area contributed by atoms with Crippen LogP contribution in [0.25, 0.3) is 0 Å². The molecule has 1 amide bonds. The molecule has 8 nitrogen and oxygen atoms in total. The van der Waals surface area contributed by atoms with Gasteiger partial charge in [0.05, 0.1) is 0 Å². The first-order valence-corrected chi connectivity index (χ1v) is 7.53. The lowest BCUT2D eigenvalue weighted by atomic mass is 10.0. The summed E-state index contributed by atoms with van der Waals surface area (Å²) >= 11 is 0. The number of pyridine rings is 1. The fraction of sp³-hybridized carbons (Fsp3) is 0.600. The van der Waals surface area contributed by atoms with Crippen molar-refractivity contribution in [3.8, 4) is 0 Å². The number of amides is 1. The molecule has 0 radical (unpaired) electrons. The molecule has 1 fully saturated rings. The zero-order valence-electron chi connectivity index (χ0n) is 13.8. The molecule has 2 atom stereocenters. The van der Waals surface area contributed by atoms with Gasteiger partial charge in [0, 0.05) is 25.2 Å². The van der Waals surface area contributed by atoms with Gasteiger partial charge in [0.1, 0.15) is 11.6 Å². The molecule has 1 aliphatic heterocycles. The molecule has 1 unspecified atom stereocenters. The monoisotopic (exact) mass is 322 g/mol. The molecule has 2 heterocycles. The van der Waals surface area contributed by atoms with Gasteiger partial charge in [0.15, 0.2) is 5.69 Å². The largest absolute Gasteiger partial charge is 0.444 e. The van der Waals surface area contributed by atoms with Gasteiger partial charge in [-0.15, -0.1) is 0 Å². The lowest BCUT2D eigenvalue weighted by molar-refractivity contribution is -0.389. The van der Waals surface area contributed by atoms with Gasteiger partial charge in [-0.1, -0.05) is 0 Å². The van der Waals surface area contributed by atoms with Crippen molar-refractivity contribution < 1.29 is 14.5 Å². The van der Waals surface area contributed by atoms with Crippen LogP contribution in [-0.2, 0) is 4.74 Å². The minimum Gasteiger partial charge on any atom is -0.444 e. The highest BCUT2D eigenvalue weighted by molar-refractivity contribution is 5.69. The van der Waals surface area contributed by atoms with Gasteiger partial charge in [0.25, 0.3) is 0 Å². The lowest BCUT2D eigenvalue weighted by Gasteiger charge is -2.39. The Morgan fingerprint density at radius 1 is 1.48 bits per heavy atom. The summed E-state index contributed by atoms with van der Waals surface area (Å²) in [5.41, 5.74) is -0.129. The van der Waals surface area contributed by atoms with Crippen LogP contribution in [0.1, 0.15) is 39.4 Å². The van der Waals surface area contributed by atoms with E-state index in [-0.39, 0.29) is 11.9 Å². The van der Waals surface area contributed by atoms with Crippen molar-refractivity contribution in [2.24, 2.45) is 0 Å². The van der Waals surface area contributed by atoms with Crippen molar-refractivity contribution in [1.82, 2.24) is 15.2 Å². The molecule has 1 N–H and O–H groups in total. The van der Waals surface area contributed by atoms with E-state index in [4.69, 9.17) is 4.74 Å². The SMILES string of the molecule is C[C@@H]1NCCN(C(=O)OC(C)(C)C)C1c1cccc([N+](=O)[O-])n1. The zero-order valence-corrected chi connectivity index (χ0v) is 13.8. The predicted octanol–water partition coefficient (Wildman–Crippen LogP) is 2.26. The third kappa shape index (κ3) is 4.16. The number of carbonyl (C=O) groups is 1. The van der Waals surface area contributed by atoms with Gasteiger partial charge >= 0.3 is 11.9 Å². The number of hydrogen-bond acceptors (Lipinski definition) is 6. The Bertz CT molecular complexity index is 599. The average Bonchev–Trinajstić information content (AvgIpc) is 2.45. The van der Waals surface area contributed by atoms with E-state index < -0.39 is 22.7 Å². The fourth-order valence-corrected chi connectivity index (χ4v) is 2.58. The van der Waals surface area contributed by atoms with Gasteiger partial charge < -0.3 is 20.2 Å². The van der Waals surface area contributed by atoms with Gasteiger partial charge in [-0.2, -0.15) is 0 Å². The number of hydrogen-bond donors (Lipinski definition) is 1. The summed E-state index contributed by atoms with van der Waals surface area (Å²) in [4.78, 5) is 28.5. The number of piperazine rings is 1. The average molecular weight is 322 g/mol. The van der Waals surface area contributed by atoms with Crippen LogP contribution in [0.15, 0.2) is 18.2 Å². The van der Waals surface area contributed by atoms with Crippen LogP contribution in [0.4, 0.5) is 10.6 Å². The van der Waals surface area contributed by atoms with Crippen molar-refractivity contribution in [3.63, 3.8) is 0 Å². The van der Waals surface area contributed by atoms with E-state index in [9.17, 15) is 14.9 Å². The second kappa shape index (κ2) is 6.49. The summed E-state index contributed by atoms with van der Waals surface area (Å²) < 4.78 is 5.45. The van der Waals surface area contributed by atoms with Gasteiger partial charge in [0.2, 0.25) is 0 Å². The molecule has 8 heteroatoms. The van der Waals surface area contributed by atoms with Crippen molar-refractivity contribution >= 4 is 11.9 Å². The van der Waals surface area contributed by atoms with Gasteiger partial charge in [-0.3, -0.25) is 4.90 Å². The maximum atomic E-state index is 12.5. The fourth-order valence-electron chi connectivity index (χ4n) is 2.58. The molecular formula is C15H22N4O4. The Kier molecular flexibility index (Phi) is 4.84. The van der Waals surface area contributed by atoms with Crippen molar-refractivity contribution in [2.45, 2.75) is 45.4 Å². The van der Waals surface area contributed by atoms with E-state index in [2.05, 4.69) is 10.3 Å². The summed E-state index contributed by atoms with van der Waals surface area (Å²) in [5.74, 6) is -0.232. The Morgan fingerprint density at radius 2 is 2.17 bits per heavy atom. The van der Waals surface area contributed by atoms with Crippen LogP contribution in [0.2, 0.25) is 0 Å². The van der Waals surface area contributed by atoms with E-state index in [1.165, 1.54) is 6.07 Å². The highest BCUT2D eigenvalue weighted by atomic mass is 16.6. The number of aromatic nitrogens is 1. The van der Waals surface area contributed by atoms with Crippen LogP contribution >= 0.6 is 0 Å². The van der Waals surface area contributed by atoms with E-state index in [0.717, 1.165) is 0 Å². The topological polar surface area (TPSA) is 97.6 Å². The van der Waals surface area contributed by atoms with Crippen LogP contribution in [0.5, 0.6) is 0 Å². The molecule has 1 aromatic heterocycles. The third-order valence-corrected chi connectivity index (χ3v) is 3.50. The van der Waals surface area contributed by atoms with Crippen molar-refractivity contribution in [1.29, 1.82) is 0 Å². The van der Waals surface area contributed by atoms with E-state index in [0.29, 0.717) is 18.8 Å². The first-order valence-electron chi connectivity index (χ1n) is 7.53. The van der Waals surface area contributed by atoms with Gasteiger partial charge in [-0.05, 0) is 49.7 Å². The second-order valence-corrected chi connectivity index (χ2v) is 6.54. The van der Waals surface area contributed by atoms with Crippen LogP contribution in [-0.4, -0.2) is 45.6 Å². The lowest BCUT2D eigenvalue weighted by Crippen LogP contribution is -2.54. The molecule has 126 valence electrons. The molecule has 0 spiro atoms. The molecule has 1 saturated heterocycles. The Hall–Kier alpha value is -2.22. The van der Waals surface area contributed by atoms with E-state index in [1.807, 2.05) is 6.92 Å². The van der Waals surface area contributed by atoms with E-state index >= 15 is 0 Å². The second-order valence-electron chi connectivity index (χ2n) is 6.54. The summed E-state index contributed by atoms with van der Waals surface area (Å²) in [6.07, 6.45) is -0.441. The first-order chi connectivity index (χ1) is 10.7. The highest BCUT2D eigenvalue weighted by Crippen LogP contribution is 2.28. The maximum Gasteiger partial charge on any atom is 0.411 e.